The van der Waals surface area contributed by atoms with E-state index >= 15 is 0 Å². The van der Waals surface area contributed by atoms with E-state index in [2.05, 4.69) is 21.3 Å². The predicted molar refractivity (Wildman–Crippen MR) is 211 cm³/mol. The van der Waals surface area contributed by atoms with Gasteiger partial charge in [-0.05, 0) is 72.9 Å². The molecule has 2 aromatic heterocycles. The molecule has 0 fully saturated rings. The van der Waals surface area contributed by atoms with Gasteiger partial charge in [0.25, 0.3) is 11.8 Å². The molecule has 0 spiro atoms. The van der Waals surface area contributed by atoms with Crippen molar-refractivity contribution in [2.24, 2.45) is 23.7 Å². The van der Waals surface area contributed by atoms with Gasteiger partial charge in [0.15, 0.2) is 0 Å². The van der Waals surface area contributed by atoms with E-state index in [0.717, 1.165) is 11.1 Å². The molecule has 56 heavy (non-hydrogen) atoms. The number of nitrogens with zero attached hydrogens (tertiary/aromatic N) is 4. The van der Waals surface area contributed by atoms with Crippen molar-refractivity contribution >= 4 is 23.6 Å². The largest absolute Gasteiger partial charge is 0.507 e. The fourth-order valence-electron chi connectivity index (χ4n) is 7.61. The molecule has 5 heterocycles. The van der Waals surface area contributed by atoms with Crippen LogP contribution in [0.15, 0.2) is 36.4 Å². The Morgan fingerprint density at radius 1 is 0.554 bits per heavy atom. The molecule has 4 atom stereocenters. The smallest absolute Gasteiger partial charge is 0.272 e. The standard InChI is InChI=1S/C42H54N8O6/c1-19(2)31-37-43-35-23(9)49(37)17-25-11-13-29(51)27(15-25)28-16-26(12-14-30(28)52)18-50-24(10)36(42(56)47-33(21(5)6)39(53)45-31)44-38(50)32(20(3)4)46-40(54)34(22(7)8)48-41(35)55/h11-16,19-22,31-34,51-52H,17-18H2,1-10H3,(H,45,53)(H,46,54)(H,47,56)(H,48,55)/t31-,32-,33-,34-/m0/s1. The topological polar surface area (TPSA) is 192 Å². The number of rotatable bonds is 4. The molecule has 4 aromatic rings. The summed E-state index contributed by atoms with van der Waals surface area (Å²) in [6.45, 7) is 19.0. The van der Waals surface area contributed by atoms with Crippen molar-refractivity contribution in [3.63, 3.8) is 0 Å². The second kappa shape index (κ2) is 15.5. The highest BCUT2D eigenvalue weighted by atomic mass is 16.3. The molecular formula is C42H54N8O6. The number of phenolic OH excluding ortho intramolecular Hbond substituents is 2. The fraction of sp³-hybridized carbons (Fsp3) is 0.476. The molecule has 4 amide bonds. The molecule has 0 aliphatic carbocycles. The fourth-order valence-corrected chi connectivity index (χ4v) is 7.61. The molecule has 3 aliphatic heterocycles. The highest BCUT2D eigenvalue weighted by molar-refractivity contribution is 5.98. The lowest BCUT2D eigenvalue weighted by molar-refractivity contribution is -0.125. The van der Waals surface area contributed by atoms with Crippen LogP contribution >= 0.6 is 0 Å². The molecule has 0 radical (unpaired) electrons. The molecule has 298 valence electrons. The summed E-state index contributed by atoms with van der Waals surface area (Å²) in [4.78, 5) is 67.1. The van der Waals surface area contributed by atoms with Gasteiger partial charge in [-0.15, -0.1) is 0 Å². The van der Waals surface area contributed by atoms with Crippen molar-refractivity contribution in [3.8, 4) is 22.6 Å². The quantitative estimate of drug-likeness (QED) is 0.167. The third-order valence-corrected chi connectivity index (χ3v) is 11.0. The predicted octanol–water partition coefficient (Wildman–Crippen LogP) is 5.03. The first-order valence-electron chi connectivity index (χ1n) is 19.4. The molecule has 10 bridgehead atoms. The van der Waals surface area contributed by atoms with Crippen molar-refractivity contribution in [1.82, 2.24) is 40.4 Å². The summed E-state index contributed by atoms with van der Waals surface area (Å²) in [5.74, 6) is -2.35. The SMILES string of the molecule is Cc1c2nc3n1Cc1ccc(O)c(c1)-c1cc(ccc1O)Cn1c(nc(c1C)C(=O)N[C@@H](C(C)C)C(=O)N[C@H]3C(C)C)[C@H](C(C)C)NC(=O)[C@H](C(C)C)NC2=O. The maximum Gasteiger partial charge on any atom is 0.272 e. The molecule has 7 rings (SSSR count). The molecule has 0 unspecified atom stereocenters. The van der Waals surface area contributed by atoms with Crippen LogP contribution in [0.25, 0.3) is 11.1 Å². The van der Waals surface area contributed by atoms with Crippen LogP contribution in [0, 0.1) is 37.5 Å². The number of hydrogen-bond acceptors (Lipinski definition) is 8. The second-order valence-electron chi connectivity index (χ2n) is 16.5. The van der Waals surface area contributed by atoms with E-state index in [1.54, 1.807) is 50.2 Å². The van der Waals surface area contributed by atoms with Gasteiger partial charge >= 0.3 is 0 Å². The van der Waals surface area contributed by atoms with Gasteiger partial charge in [-0.25, -0.2) is 9.97 Å². The summed E-state index contributed by atoms with van der Waals surface area (Å²) in [6.07, 6.45) is 0. The maximum atomic E-state index is 14.3. The average molecular weight is 767 g/mol. The zero-order valence-electron chi connectivity index (χ0n) is 33.8. The number of carbonyl (C=O) groups excluding carboxylic acids is 4. The Bertz CT molecular complexity index is 2040. The normalized spacial score (nSPS) is 20.6. The zero-order valence-corrected chi connectivity index (χ0v) is 33.8. The van der Waals surface area contributed by atoms with Gasteiger partial charge in [-0.3, -0.25) is 19.2 Å². The van der Waals surface area contributed by atoms with Crippen molar-refractivity contribution in [1.29, 1.82) is 0 Å². The summed E-state index contributed by atoms with van der Waals surface area (Å²) in [7, 11) is 0. The van der Waals surface area contributed by atoms with E-state index in [1.807, 2.05) is 64.5 Å². The second-order valence-corrected chi connectivity index (χ2v) is 16.5. The van der Waals surface area contributed by atoms with Gasteiger partial charge < -0.3 is 40.6 Å². The minimum atomic E-state index is -0.961. The summed E-state index contributed by atoms with van der Waals surface area (Å²) in [5.41, 5.74) is 3.40. The minimum absolute atomic E-state index is 0.0477. The average Bonchev–Trinajstić information content (AvgIpc) is 3.62. The van der Waals surface area contributed by atoms with Gasteiger partial charge in [0, 0.05) is 35.6 Å². The summed E-state index contributed by atoms with van der Waals surface area (Å²) in [5, 5.41) is 34.6. The Balaban J connectivity index is 1.72. The van der Waals surface area contributed by atoms with E-state index in [-0.39, 0.29) is 59.6 Å². The number of phenols is 2. The monoisotopic (exact) mass is 766 g/mol. The van der Waals surface area contributed by atoms with Crippen LogP contribution in [0.2, 0.25) is 0 Å². The van der Waals surface area contributed by atoms with Crippen molar-refractivity contribution < 1.29 is 29.4 Å². The van der Waals surface area contributed by atoms with E-state index in [9.17, 15) is 29.4 Å². The zero-order chi connectivity index (χ0) is 40.9. The number of nitrogens with one attached hydrogen (secondary N) is 4. The molecule has 0 saturated heterocycles. The van der Waals surface area contributed by atoms with Crippen molar-refractivity contribution in [2.45, 2.75) is 106 Å². The first-order valence-corrected chi connectivity index (χ1v) is 19.4. The van der Waals surface area contributed by atoms with E-state index in [4.69, 9.17) is 9.97 Å². The third-order valence-electron chi connectivity index (χ3n) is 11.0. The van der Waals surface area contributed by atoms with E-state index in [0.29, 0.717) is 34.2 Å². The molecule has 2 aromatic carbocycles. The van der Waals surface area contributed by atoms with Crippen LogP contribution in [0.5, 0.6) is 11.5 Å². The first-order chi connectivity index (χ1) is 26.4. The van der Waals surface area contributed by atoms with Crippen molar-refractivity contribution in [3.05, 3.63) is 81.9 Å². The number of hydrogen-bond donors (Lipinski definition) is 6. The number of fused-ring (bicyclic) bond motifs is 10. The number of imidazole rings is 2. The highest BCUT2D eigenvalue weighted by Crippen LogP contribution is 2.38. The van der Waals surface area contributed by atoms with E-state index in [1.165, 1.54) is 0 Å². The lowest BCUT2D eigenvalue weighted by Crippen LogP contribution is -2.52. The number of carbonyl (C=O) groups is 4. The van der Waals surface area contributed by atoms with E-state index < -0.39 is 47.8 Å². The van der Waals surface area contributed by atoms with Crippen LogP contribution in [-0.4, -0.2) is 65.0 Å². The summed E-state index contributed by atoms with van der Waals surface area (Å²) >= 11 is 0. The highest BCUT2D eigenvalue weighted by Gasteiger charge is 2.37. The van der Waals surface area contributed by atoms with Gasteiger partial charge in [0.2, 0.25) is 11.8 Å². The third kappa shape index (κ3) is 7.48. The van der Waals surface area contributed by atoms with Crippen LogP contribution < -0.4 is 21.3 Å². The van der Waals surface area contributed by atoms with Gasteiger partial charge in [-0.1, -0.05) is 67.5 Å². The molecule has 0 saturated carbocycles. The van der Waals surface area contributed by atoms with Crippen molar-refractivity contribution in [2.75, 3.05) is 0 Å². The molecule has 6 N–H and O–H groups in total. The molecule has 14 heteroatoms. The Morgan fingerprint density at radius 2 is 0.893 bits per heavy atom. The maximum absolute atomic E-state index is 14.3. The number of aromatic nitrogens is 4. The Labute approximate surface area is 327 Å². The Hall–Kier alpha value is -5.66. The Kier molecular flexibility index (Phi) is 11.1. The summed E-state index contributed by atoms with van der Waals surface area (Å²) < 4.78 is 3.71. The van der Waals surface area contributed by atoms with Gasteiger partial charge in [0.1, 0.15) is 46.6 Å². The number of aromatic hydroxyl groups is 2. The lowest BCUT2D eigenvalue weighted by Gasteiger charge is -2.28. The molecule has 3 aliphatic rings. The van der Waals surface area contributed by atoms with Gasteiger partial charge in [-0.2, -0.15) is 0 Å². The molecule has 14 nitrogen and oxygen atoms in total. The van der Waals surface area contributed by atoms with Crippen LogP contribution in [0.4, 0.5) is 0 Å². The van der Waals surface area contributed by atoms with Crippen LogP contribution in [-0.2, 0) is 22.7 Å². The first kappa shape index (κ1) is 40.0. The van der Waals surface area contributed by atoms with Crippen LogP contribution in [0.1, 0.15) is 123 Å². The number of benzene rings is 2. The molecular weight excluding hydrogens is 713 g/mol. The Morgan fingerprint density at radius 3 is 1.21 bits per heavy atom. The summed E-state index contributed by atoms with van der Waals surface area (Å²) in [6, 6.07) is 6.87. The van der Waals surface area contributed by atoms with Crippen LogP contribution in [0.3, 0.4) is 0 Å². The lowest BCUT2D eigenvalue weighted by atomic mass is 9.98. The minimum Gasteiger partial charge on any atom is -0.507 e. The number of amides is 4. The van der Waals surface area contributed by atoms with Gasteiger partial charge in [0.05, 0.1) is 12.1 Å².